The third-order valence-corrected chi connectivity index (χ3v) is 5.58. The Kier molecular flexibility index (Phi) is 7.46. The highest BCUT2D eigenvalue weighted by molar-refractivity contribution is 7.62. The maximum absolute atomic E-state index is 12.9. The lowest BCUT2D eigenvalue weighted by molar-refractivity contribution is -0.667. The van der Waals surface area contributed by atoms with Gasteiger partial charge in [0.1, 0.15) is 6.54 Å². The number of aryl methyl sites for hydroxylation is 2. The number of hydrogen-bond donors (Lipinski definition) is 0. The van der Waals surface area contributed by atoms with Crippen LogP contribution in [-0.2, 0) is 20.2 Å². The fourth-order valence-electron chi connectivity index (χ4n) is 2.43. The number of hydrogen-bond acceptors (Lipinski definition) is 3. The molecule has 1 aromatic carbocycles. The normalized spacial score (nSPS) is 11.5. The van der Waals surface area contributed by atoms with Crippen LogP contribution in [0, 0.1) is 6.92 Å². The third-order valence-electron chi connectivity index (χ3n) is 3.47. The number of fused-ring (bicyclic) bond motifs is 1. The van der Waals surface area contributed by atoms with Gasteiger partial charge < -0.3 is 33.0 Å². The molecule has 1 heterocycles. The van der Waals surface area contributed by atoms with E-state index in [0.717, 1.165) is 23.0 Å². The van der Waals surface area contributed by atoms with E-state index in [0.29, 0.717) is 18.5 Å². The van der Waals surface area contributed by atoms with Crippen molar-refractivity contribution in [2.24, 2.45) is 0 Å². The first-order chi connectivity index (χ1) is 10.1. The van der Waals surface area contributed by atoms with Crippen LogP contribution in [0.5, 0.6) is 0 Å². The molecule has 6 heteroatoms. The van der Waals surface area contributed by atoms with E-state index in [9.17, 15) is 4.57 Å². The first-order valence-electron chi connectivity index (χ1n) is 7.38. The number of halogens is 1. The minimum atomic E-state index is -3.23. The molecular formula is C16H23INO3P. The first-order valence-corrected chi connectivity index (χ1v) is 8.92. The predicted octanol–water partition coefficient (Wildman–Crippen LogP) is 0.351. The fraction of sp³-hybridized carbons (Fsp3) is 0.438. The zero-order valence-corrected chi connectivity index (χ0v) is 16.6. The van der Waals surface area contributed by atoms with Gasteiger partial charge in [-0.15, -0.1) is 0 Å². The number of aromatic nitrogens is 1. The van der Waals surface area contributed by atoms with Crippen molar-refractivity contribution in [3.05, 3.63) is 36.0 Å². The van der Waals surface area contributed by atoms with Gasteiger partial charge >= 0.3 is 7.60 Å². The summed E-state index contributed by atoms with van der Waals surface area (Å²) in [5, 5.41) is 1.70. The lowest BCUT2D eigenvalue weighted by Gasteiger charge is -2.17. The molecule has 122 valence electrons. The average Bonchev–Trinajstić information content (AvgIpc) is 2.48. The molecule has 0 aliphatic heterocycles. The van der Waals surface area contributed by atoms with Crippen molar-refractivity contribution in [3.63, 3.8) is 0 Å². The molecule has 0 spiro atoms. The van der Waals surface area contributed by atoms with E-state index in [2.05, 4.69) is 30.7 Å². The van der Waals surface area contributed by atoms with Gasteiger partial charge in [0.05, 0.1) is 23.9 Å². The van der Waals surface area contributed by atoms with E-state index < -0.39 is 7.60 Å². The number of pyridine rings is 1. The van der Waals surface area contributed by atoms with Crippen molar-refractivity contribution in [2.75, 3.05) is 13.2 Å². The maximum Gasteiger partial charge on any atom is 0.361 e. The molecule has 0 bridgehead atoms. The van der Waals surface area contributed by atoms with Crippen LogP contribution in [0.3, 0.4) is 0 Å². The molecule has 0 aliphatic rings. The first kappa shape index (κ1) is 19.6. The molecule has 0 saturated heterocycles. The van der Waals surface area contributed by atoms with Crippen LogP contribution in [0.25, 0.3) is 10.9 Å². The van der Waals surface area contributed by atoms with Crippen LogP contribution < -0.4 is 33.8 Å². The van der Waals surface area contributed by atoms with Crippen LogP contribution in [0.15, 0.2) is 30.5 Å². The van der Waals surface area contributed by atoms with Gasteiger partial charge in [0, 0.05) is 12.1 Å². The molecule has 0 saturated carbocycles. The van der Waals surface area contributed by atoms with Crippen LogP contribution in [-0.4, -0.2) is 13.2 Å². The van der Waals surface area contributed by atoms with E-state index in [-0.39, 0.29) is 24.0 Å². The third kappa shape index (κ3) is 3.88. The molecule has 1 aromatic heterocycles. The second-order valence-corrected chi connectivity index (χ2v) is 6.85. The van der Waals surface area contributed by atoms with Crippen molar-refractivity contribution in [1.82, 2.24) is 0 Å². The van der Waals surface area contributed by atoms with Gasteiger partial charge in [-0.25, -0.2) is 0 Å². The molecule has 4 nitrogen and oxygen atoms in total. The summed E-state index contributed by atoms with van der Waals surface area (Å²) in [5.41, 5.74) is 2.27. The van der Waals surface area contributed by atoms with Crippen LogP contribution >= 0.6 is 7.60 Å². The molecule has 0 aliphatic carbocycles. The van der Waals surface area contributed by atoms with Gasteiger partial charge in [-0.1, -0.05) is 0 Å². The highest BCUT2D eigenvalue weighted by Gasteiger charge is 2.27. The quantitative estimate of drug-likeness (QED) is 0.374. The number of benzene rings is 1. The number of nitrogens with zero attached hydrogens (tertiary/aromatic N) is 1. The van der Waals surface area contributed by atoms with Crippen molar-refractivity contribution >= 4 is 23.8 Å². The molecule has 0 radical (unpaired) electrons. The Morgan fingerprint density at radius 3 is 2.27 bits per heavy atom. The molecule has 0 amide bonds. The van der Waals surface area contributed by atoms with Gasteiger partial charge in [0.25, 0.3) is 0 Å². The molecule has 22 heavy (non-hydrogen) atoms. The highest BCUT2D eigenvalue weighted by atomic mass is 127. The fourth-order valence-corrected chi connectivity index (χ4v) is 4.03. The number of rotatable bonds is 6. The van der Waals surface area contributed by atoms with Gasteiger partial charge in [0.15, 0.2) is 6.20 Å². The lowest BCUT2D eigenvalue weighted by Crippen LogP contribution is -3.00. The molecule has 0 fully saturated rings. The standard InChI is InChI=1S/C16H23NO3P.HI/c1-5-17-11-10-13(4)15-12-14(8-9-16(15)17)21(18,19-6-2)20-7-3;/h8-12H,5-7H2,1-4H3;1H/q+1;/p-1. The van der Waals surface area contributed by atoms with Crippen LogP contribution in [0.4, 0.5) is 0 Å². The summed E-state index contributed by atoms with van der Waals surface area (Å²) >= 11 is 0. The van der Waals surface area contributed by atoms with Crippen LogP contribution in [0.1, 0.15) is 26.3 Å². The molecule has 0 N–H and O–H groups in total. The smallest absolute Gasteiger partial charge is 0.361 e. The molecule has 2 rings (SSSR count). The van der Waals surface area contributed by atoms with E-state index in [1.54, 1.807) is 0 Å². The molecular weight excluding hydrogens is 412 g/mol. The Morgan fingerprint density at radius 2 is 1.73 bits per heavy atom. The Hall–Kier alpha value is -0.490. The summed E-state index contributed by atoms with van der Waals surface area (Å²) in [6, 6.07) is 7.84. The predicted molar refractivity (Wildman–Crippen MR) is 85.0 cm³/mol. The van der Waals surface area contributed by atoms with E-state index in [4.69, 9.17) is 9.05 Å². The Balaban J connectivity index is 0.00000242. The Labute approximate surface area is 149 Å². The van der Waals surface area contributed by atoms with E-state index >= 15 is 0 Å². The van der Waals surface area contributed by atoms with Crippen molar-refractivity contribution < 1.29 is 42.2 Å². The Morgan fingerprint density at radius 1 is 1.09 bits per heavy atom. The summed E-state index contributed by atoms with van der Waals surface area (Å²) in [4.78, 5) is 0. The summed E-state index contributed by atoms with van der Waals surface area (Å²) in [5.74, 6) is 0. The monoisotopic (exact) mass is 435 g/mol. The molecule has 0 unspecified atom stereocenters. The molecule has 2 aromatic rings. The largest absolute Gasteiger partial charge is 1.00 e. The summed E-state index contributed by atoms with van der Waals surface area (Å²) in [6.45, 7) is 9.42. The van der Waals surface area contributed by atoms with Crippen molar-refractivity contribution in [2.45, 2.75) is 34.2 Å². The summed E-state index contributed by atoms with van der Waals surface area (Å²) in [6.07, 6.45) is 2.07. The van der Waals surface area contributed by atoms with E-state index in [1.165, 1.54) is 0 Å². The average molecular weight is 435 g/mol. The lowest BCUT2D eigenvalue weighted by atomic mass is 10.1. The van der Waals surface area contributed by atoms with E-state index in [1.807, 2.05) is 32.0 Å². The summed E-state index contributed by atoms with van der Waals surface area (Å²) < 4.78 is 25.9. The van der Waals surface area contributed by atoms with Gasteiger partial charge in [-0.3, -0.25) is 4.57 Å². The molecule has 0 atom stereocenters. The second-order valence-electron chi connectivity index (χ2n) is 4.82. The highest BCUT2D eigenvalue weighted by Crippen LogP contribution is 2.47. The zero-order valence-electron chi connectivity index (χ0n) is 13.5. The zero-order chi connectivity index (χ0) is 15.5. The second kappa shape index (κ2) is 8.39. The van der Waals surface area contributed by atoms with Gasteiger partial charge in [-0.05, 0) is 45.4 Å². The Bertz CT molecular complexity index is 680. The van der Waals surface area contributed by atoms with Crippen molar-refractivity contribution in [3.8, 4) is 0 Å². The van der Waals surface area contributed by atoms with Gasteiger partial charge in [0.2, 0.25) is 5.52 Å². The minimum Gasteiger partial charge on any atom is -1.00 e. The summed E-state index contributed by atoms with van der Waals surface area (Å²) in [7, 11) is -3.23. The minimum absolute atomic E-state index is 0. The topological polar surface area (TPSA) is 39.4 Å². The maximum atomic E-state index is 12.9. The van der Waals surface area contributed by atoms with Crippen molar-refractivity contribution in [1.29, 1.82) is 0 Å². The van der Waals surface area contributed by atoms with Crippen LogP contribution in [0.2, 0.25) is 0 Å². The SMILES string of the molecule is CCOP(=O)(OCC)c1ccc2c(c1)c(C)cc[n+]2CC.[I-]. The van der Waals surface area contributed by atoms with Gasteiger partial charge in [-0.2, -0.15) is 4.57 Å².